The summed E-state index contributed by atoms with van der Waals surface area (Å²) >= 11 is 1.72. The number of para-hydroxylation sites is 1. The molecule has 0 fully saturated rings. The summed E-state index contributed by atoms with van der Waals surface area (Å²) in [7, 11) is 0. The Morgan fingerprint density at radius 3 is 2.70 bits per heavy atom. The van der Waals surface area contributed by atoms with Crippen molar-refractivity contribution in [1.29, 1.82) is 0 Å². The van der Waals surface area contributed by atoms with Gasteiger partial charge >= 0.3 is 6.18 Å². The number of hydrogen-bond donors (Lipinski definition) is 0. The highest BCUT2D eigenvalue weighted by Crippen LogP contribution is 2.38. The van der Waals surface area contributed by atoms with Crippen molar-refractivity contribution >= 4 is 23.4 Å². The van der Waals surface area contributed by atoms with Gasteiger partial charge in [0, 0.05) is 16.7 Å². The predicted octanol–water partition coefficient (Wildman–Crippen LogP) is 5.13. The van der Waals surface area contributed by atoms with E-state index in [9.17, 15) is 18.0 Å². The average molecular weight is 432 g/mol. The quantitative estimate of drug-likeness (QED) is 0.564. The van der Waals surface area contributed by atoms with Crippen LogP contribution in [-0.2, 0) is 6.18 Å². The lowest BCUT2D eigenvalue weighted by Crippen LogP contribution is -2.33. The highest BCUT2D eigenvalue weighted by molar-refractivity contribution is 8.00. The lowest BCUT2D eigenvalue weighted by molar-refractivity contribution is -0.137. The van der Waals surface area contributed by atoms with E-state index in [2.05, 4.69) is 17.2 Å². The van der Waals surface area contributed by atoms with E-state index >= 15 is 0 Å². The standard InChI is InChI=1S/C21H19F3N4OS/c1-13-10-11-27(17-8-3-4-9-18(17)30-13)20(29)19-14(2)28(26-25-19)16-7-5-6-15(12-16)21(22,23)24/h3-9,12-13H,10-11H2,1-2H3. The van der Waals surface area contributed by atoms with Gasteiger partial charge in [-0.3, -0.25) is 4.79 Å². The van der Waals surface area contributed by atoms with E-state index in [1.54, 1.807) is 23.6 Å². The van der Waals surface area contributed by atoms with E-state index in [0.29, 0.717) is 17.5 Å². The minimum Gasteiger partial charge on any atom is -0.306 e. The number of aromatic nitrogens is 3. The smallest absolute Gasteiger partial charge is 0.306 e. The second kappa shape index (κ2) is 7.79. The fraction of sp³-hybridized carbons (Fsp3) is 0.286. The molecule has 1 aromatic heterocycles. The summed E-state index contributed by atoms with van der Waals surface area (Å²) in [6.07, 6.45) is -3.65. The first-order valence-electron chi connectivity index (χ1n) is 9.43. The van der Waals surface area contributed by atoms with Gasteiger partial charge in [-0.05, 0) is 43.7 Å². The van der Waals surface area contributed by atoms with Gasteiger partial charge < -0.3 is 4.90 Å². The maximum Gasteiger partial charge on any atom is 0.416 e. The second-order valence-corrected chi connectivity index (χ2v) is 8.61. The summed E-state index contributed by atoms with van der Waals surface area (Å²) in [6.45, 7) is 4.28. The summed E-state index contributed by atoms with van der Waals surface area (Å²) in [5.41, 5.74) is 0.748. The van der Waals surface area contributed by atoms with E-state index < -0.39 is 11.7 Å². The molecule has 0 aliphatic carbocycles. The van der Waals surface area contributed by atoms with E-state index in [0.717, 1.165) is 29.1 Å². The van der Waals surface area contributed by atoms with Crippen molar-refractivity contribution in [2.45, 2.75) is 36.6 Å². The third-order valence-corrected chi connectivity index (χ3v) is 6.24. The van der Waals surface area contributed by atoms with E-state index in [1.807, 2.05) is 24.3 Å². The van der Waals surface area contributed by atoms with Crippen molar-refractivity contribution in [2.24, 2.45) is 0 Å². The van der Waals surface area contributed by atoms with Gasteiger partial charge in [-0.25, -0.2) is 4.68 Å². The topological polar surface area (TPSA) is 51.0 Å². The maximum absolute atomic E-state index is 13.3. The molecule has 0 saturated carbocycles. The maximum atomic E-state index is 13.3. The van der Waals surface area contributed by atoms with Crippen LogP contribution >= 0.6 is 11.8 Å². The minimum absolute atomic E-state index is 0.127. The third-order valence-electron chi connectivity index (χ3n) is 5.00. The summed E-state index contributed by atoms with van der Waals surface area (Å²) in [4.78, 5) is 16.0. The molecular weight excluding hydrogens is 413 g/mol. The van der Waals surface area contributed by atoms with Gasteiger partial charge in [0.15, 0.2) is 5.69 Å². The number of carbonyl (C=O) groups excluding carboxylic acids is 1. The average Bonchev–Trinajstić information content (AvgIpc) is 3.00. The highest BCUT2D eigenvalue weighted by Gasteiger charge is 2.32. The Morgan fingerprint density at radius 1 is 1.17 bits per heavy atom. The van der Waals surface area contributed by atoms with Gasteiger partial charge in [0.25, 0.3) is 5.91 Å². The monoisotopic (exact) mass is 432 g/mol. The second-order valence-electron chi connectivity index (χ2n) is 7.13. The molecule has 0 radical (unpaired) electrons. The molecule has 2 heterocycles. The van der Waals surface area contributed by atoms with Crippen LogP contribution < -0.4 is 4.90 Å². The molecule has 1 atom stereocenters. The Kier molecular flexibility index (Phi) is 5.31. The number of fused-ring (bicyclic) bond motifs is 1. The molecule has 156 valence electrons. The SMILES string of the molecule is Cc1c(C(=O)N2CCC(C)Sc3ccccc32)nnn1-c1cccc(C(F)(F)F)c1. The zero-order chi connectivity index (χ0) is 21.5. The zero-order valence-electron chi connectivity index (χ0n) is 16.3. The molecule has 3 aromatic rings. The number of nitrogens with zero attached hydrogens (tertiary/aromatic N) is 4. The fourth-order valence-electron chi connectivity index (χ4n) is 3.41. The number of hydrogen-bond acceptors (Lipinski definition) is 4. The zero-order valence-corrected chi connectivity index (χ0v) is 17.2. The van der Waals surface area contributed by atoms with Crippen LogP contribution in [0.3, 0.4) is 0 Å². The molecule has 0 bridgehead atoms. The van der Waals surface area contributed by atoms with Crippen molar-refractivity contribution in [3.05, 3.63) is 65.5 Å². The molecule has 4 rings (SSSR count). The Hall–Kier alpha value is -2.81. The number of carbonyl (C=O) groups is 1. The largest absolute Gasteiger partial charge is 0.416 e. The molecule has 0 N–H and O–H groups in total. The van der Waals surface area contributed by atoms with Crippen molar-refractivity contribution in [3.63, 3.8) is 0 Å². The van der Waals surface area contributed by atoms with Gasteiger partial charge in [-0.1, -0.05) is 30.3 Å². The fourth-order valence-corrected chi connectivity index (χ4v) is 4.52. The molecule has 1 aliphatic rings. The molecule has 2 aromatic carbocycles. The molecule has 9 heteroatoms. The van der Waals surface area contributed by atoms with Crippen LogP contribution in [0.2, 0.25) is 0 Å². The van der Waals surface area contributed by atoms with Gasteiger partial charge in [0.1, 0.15) is 0 Å². The lowest BCUT2D eigenvalue weighted by atomic mass is 10.2. The molecule has 5 nitrogen and oxygen atoms in total. The Morgan fingerprint density at radius 2 is 1.93 bits per heavy atom. The number of anilines is 1. The van der Waals surface area contributed by atoms with Crippen molar-refractivity contribution in [1.82, 2.24) is 15.0 Å². The molecule has 1 unspecified atom stereocenters. The number of alkyl halides is 3. The van der Waals surface area contributed by atoms with E-state index in [4.69, 9.17) is 0 Å². The van der Waals surface area contributed by atoms with E-state index in [1.165, 1.54) is 16.8 Å². The van der Waals surface area contributed by atoms with Crippen LogP contribution in [0, 0.1) is 6.92 Å². The van der Waals surface area contributed by atoms with Crippen molar-refractivity contribution < 1.29 is 18.0 Å². The van der Waals surface area contributed by atoms with Crippen molar-refractivity contribution in [2.75, 3.05) is 11.4 Å². The van der Waals surface area contributed by atoms with Gasteiger partial charge in [-0.2, -0.15) is 13.2 Å². The summed E-state index contributed by atoms with van der Waals surface area (Å²) in [6, 6.07) is 12.5. The highest BCUT2D eigenvalue weighted by atomic mass is 32.2. The molecule has 1 amide bonds. The van der Waals surface area contributed by atoms with Gasteiger partial charge in [0.05, 0.1) is 22.6 Å². The molecule has 0 saturated heterocycles. The van der Waals surface area contributed by atoms with Crippen molar-refractivity contribution in [3.8, 4) is 5.69 Å². The number of thioether (sulfide) groups is 1. The number of amides is 1. The number of halogens is 3. The van der Waals surface area contributed by atoms with Crippen LogP contribution in [0.4, 0.5) is 18.9 Å². The summed E-state index contributed by atoms with van der Waals surface area (Å²) < 4.78 is 40.5. The molecule has 0 spiro atoms. The Bertz CT molecular complexity index is 1100. The Labute approximate surface area is 175 Å². The van der Waals surface area contributed by atoms with Crippen LogP contribution in [0.15, 0.2) is 53.4 Å². The summed E-state index contributed by atoms with van der Waals surface area (Å²) in [5.74, 6) is -0.312. The summed E-state index contributed by atoms with van der Waals surface area (Å²) in [5, 5.41) is 8.33. The van der Waals surface area contributed by atoms with Crippen LogP contribution in [0.1, 0.15) is 35.1 Å². The van der Waals surface area contributed by atoms with Crippen LogP contribution in [0.25, 0.3) is 5.69 Å². The number of benzene rings is 2. The van der Waals surface area contributed by atoms with Gasteiger partial charge in [-0.15, -0.1) is 16.9 Å². The first kappa shape index (κ1) is 20.5. The van der Waals surface area contributed by atoms with Crippen LogP contribution in [0.5, 0.6) is 0 Å². The first-order valence-corrected chi connectivity index (χ1v) is 10.3. The lowest BCUT2D eigenvalue weighted by Gasteiger charge is -2.21. The normalized spacial score (nSPS) is 16.8. The minimum atomic E-state index is -4.47. The predicted molar refractivity (Wildman–Crippen MR) is 109 cm³/mol. The molecular formula is C21H19F3N4OS. The first-order chi connectivity index (χ1) is 14.3. The third kappa shape index (κ3) is 3.81. The number of rotatable bonds is 2. The van der Waals surface area contributed by atoms with E-state index in [-0.39, 0.29) is 17.3 Å². The van der Waals surface area contributed by atoms with Gasteiger partial charge in [0.2, 0.25) is 0 Å². The molecule has 30 heavy (non-hydrogen) atoms. The molecule has 1 aliphatic heterocycles. The Balaban J connectivity index is 1.70. The van der Waals surface area contributed by atoms with Crippen LogP contribution in [-0.4, -0.2) is 32.7 Å².